The Labute approximate surface area is 219 Å². The van der Waals surface area contributed by atoms with Crippen LogP contribution >= 0.6 is 35.4 Å². The maximum absolute atomic E-state index is 13.2. The third kappa shape index (κ3) is 7.92. The van der Waals surface area contributed by atoms with Gasteiger partial charge in [0.1, 0.15) is 12.7 Å². The van der Waals surface area contributed by atoms with Crippen molar-refractivity contribution in [1.29, 1.82) is 0 Å². The van der Waals surface area contributed by atoms with E-state index < -0.39 is 30.4 Å². The van der Waals surface area contributed by atoms with Crippen molar-refractivity contribution < 1.29 is 27.8 Å². The van der Waals surface area contributed by atoms with Crippen molar-refractivity contribution in [3.05, 3.63) is 99.0 Å². The molecule has 0 spiro atoms. The molecule has 3 aromatic carbocycles. The maximum atomic E-state index is 13.2. The number of thiocarbonyl (C=S) groups is 1. The number of carboxylic acid groups (broad SMARTS) is 1. The van der Waals surface area contributed by atoms with Crippen molar-refractivity contribution >= 4 is 58.4 Å². The minimum atomic E-state index is -4.56. The van der Waals surface area contributed by atoms with Gasteiger partial charge in [-0.3, -0.25) is 5.43 Å². The van der Waals surface area contributed by atoms with Gasteiger partial charge in [0.15, 0.2) is 5.11 Å². The standard InChI is InChI=1S/C24H18Cl2F3N3O3S/c25-19-8-7-18(11-20(19)26)31-23(36)32-30-12-14-3-1-4-15(9-14)22(35-13-21(33)34)16-5-2-6-17(10-16)24(27,28)29/h1-12,22H,13H2,(H,33,34)(H2,31,32,36). The van der Waals surface area contributed by atoms with Gasteiger partial charge < -0.3 is 15.2 Å². The lowest BCUT2D eigenvalue weighted by Gasteiger charge is -2.19. The third-order valence-corrected chi connectivity index (χ3v) is 5.59. The van der Waals surface area contributed by atoms with Crippen molar-refractivity contribution in [2.75, 3.05) is 11.9 Å². The molecule has 0 fully saturated rings. The van der Waals surface area contributed by atoms with Crippen LogP contribution in [0.2, 0.25) is 10.0 Å². The minimum absolute atomic E-state index is 0.158. The molecule has 0 amide bonds. The Morgan fingerprint density at radius 2 is 1.75 bits per heavy atom. The Morgan fingerprint density at radius 3 is 2.42 bits per heavy atom. The molecule has 3 rings (SSSR count). The predicted octanol–water partition coefficient (Wildman–Crippen LogP) is 6.52. The average Bonchev–Trinajstić information content (AvgIpc) is 2.81. The summed E-state index contributed by atoms with van der Waals surface area (Å²) in [6, 6.07) is 16.0. The van der Waals surface area contributed by atoms with Crippen LogP contribution in [-0.4, -0.2) is 29.0 Å². The van der Waals surface area contributed by atoms with E-state index in [0.29, 0.717) is 26.9 Å². The Bertz CT molecular complexity index is 1290. The fraction of sp³-hybridized carbons (Fsp3) is 0.125. The molecule has 1 atom stereocenters. The average molecular weight is 556 g/mol. The summed E-state index contributed by atoms with van der Waals surface area (Å²) in [6.07, 6.45) is -4.17. The Balaban J connectivity index is 1.76. The largest absolute Gasteiger partial charge is 0.480 e. The van der Waals surface area contributed by atoms with E-state index >= 15 is 0 Å². The molecule has 1 unspecified atom stereocenters. The highest BCUT2D eigenvalue weighted by atomic mass is 35.5. The van der Waals surface area contributed by atoms with Gasteiger partial charge in [0.2, 0.25) is 0 Å². The number of nitrogens with zero attached hydrogens (tertiary/aromatic N) is 1. The van der Waals surface area contributed by atoms with Gasteiger partial charge in [-0.2, -0.15) is 18.3 Å². The van der Waals surface area contributed by atoms with Crippen LogP contribution in [0.4, 0.5) is 18.9 Å². The van der Waals surface area contributed by atoms with E-state index in [2.05, 4.69) is 15.8 Å². The molecule has 3 N–H and O–H groups in total. The van der Waals surface area contributed by atoms with Gasteiger partial charge in [0.25, 0.3) is 0 Å². The van der Waals surface area contributed by atoms with Crippen LogP contribution in [0.3, 0.4) is 0 Å². The monoisotopic (exact) mass is 555 g/mol. The molecular formula is C24H18Cl2F3N3O3S. The van der Waals surface area contributed by atoms with Crippen LogP contribution in [0.5, 0.6) is 0 Å². The molecule has 0 heterocycles. The quantitative estimate of drug-likeness (QED) is 0.167. The molecule has 0 aliphatic rings. The van der Waals surface area contributed by atoms with E-state index in [0.717, 1.165) is 12.1 Å². The SMILES string of the molecule is O=C(O)COC(c1cccc(C=NNC(=S)Nc2ccc(Cl)c(Cl)c2)c1)c1cccc(C(F)(F)F)c1. The molecule has 188 valence electrons. The van der Waals surface area contributed by atoms with E-state index in [9.17, 15) is 18.0 Å². The number of aliphatic carboxylic acids is 1. The van der Waals surface area contributed by atoms with E-state index in [1.807, 2.05) is 0 Å². The topological polar surface area (TPSA) is 83.0 Å². The summed E-state index contributed by atoms with van der Waals surface area (Å²) in [5.41, 5.74) is 3.53. The van der Waals surface area contributed by atoms with E-state index in [-0.39, 0.29) is 10.7 Å². The summed E-state index contributed by atoms with van der Waals surface area (Å²) in [7, 11) is 0. The second kappa shape index (κ2) is 12.2. The molecule has 36 heavy (non-hydrogen) atoms. The zero-order valence-electron chi connectivity index (χ0n) is 18.2. The van der Waals surface area contributed by atoms with E-state index in [1.165, 1.54) is 18.3 Å². The zero-order valence-corrected chi connectivity index (χ0v) is 20.6. The number of hydrogen-bond acceptors (Lipinski definition) is 4. The van der Waals surface area contributed by atoms with Gasteiger partial charge in [-0.25, -0.2) is 4.79 Å². The first-order chi connectivity index (χ1) is 17.0. The maximum Gasteiger partial charge on any atom is 0.416 e. The number of rotatable bonds is 8. The number of ether oxygens (including phenoxy) is 1. The van der Waals surface area contributed by atoms with Crippen LogP contribution in [0, 0.1) is 0 Å². The molecule has 0 saturated carbocycles. The molecule has 0 radical (unpaired) electrons. The van der Waals surface area contributed by atoms with Crippen LogP contribution in [-0.2, 0) is 15.7 Å². The minimum Gasteiger partial charge on any atom is -0.480 e. The lowest BCUT2D eigenvalue weighted by atomic mass is 9.98. The number of benzene rings is 3. The van der Waals surface area contributed by atoms with Crippen molar-refractivity contribution in [3.8, 4) is 0 Å². The number of hydrazone groups is 1. The summed E-state index contributed by atoms with van der Waals surface area (Å²) < 4.78 is 45.1. The number of carbonyl (C=O) groups is 1. The number of nitrogens with one attached hydrogen (secondary N) is 2. The summed E-state index contributed by atoms with van der Waals surface area (Å²) in [4.78, 5) is 11.1. The van der Waals surface area contributed by atoms with Gasteiger partial charge in [0, 0.05) is 5.69 Å². The second-order valence-electron chi connectivity index (χ2n) is 7.33. The smallest absolute Gasteiger partial charge is 0.416 e. The molecule has 3 aromatic rings. The lowest BCUT2D eigenvalue weighted by molar-refractivity contribution is -0.144. The number of halogens is 5. The summed E-state index contributed by atoms with van der Waals surface area (Å²) >= 11 is 17.0. The summed E-state index contributed by atoms with van der Waals surface area (Å²) in [6.45, 7) is -0.699. The van der Waals surface area contributed by atoms with Gasteiger partial charge in [-0.1, -0.05) is 53.5 Å². The first kappa shape index (κ1) is 27.4. The number of carboxylic acids is 1. The fourth-order valence-corrected chi connectivity index (χ4v) is 3.59. The first-order valence-corrected chi connectivity index (χ1v) is 11.3. The molecular weight excluding hydrogens is 538 g/mol. The van der Waals surface area contributed by atoms with Crippen LogP contribution < -0.4 is 10.7 Å². The number of alkyl halides is 3. The Kier molecular flexibility index (Phi) is 9.27. The summed E-state index contributed by atoms with van der Waals surface area (Å²) in [5.74, 6) is -1.25. The Hall–Kier alpha value is -3.18. The number of anilines is 1. The molecule has 0 aromatic heterocycles. The molecule has 0 aliphatic heterocycles. The Morgan fingerprint density at radius 1 is 1.06 bits per heavy atom. The second-order valence-corrected chi connectivity index (χ2v) is 8.55. The predicted molar refractivity (Wildman–Crippen MR) is 137 cm³/mol. The van der Waals surface area contributed by atoms with E-state index in [4.69, 9.17) is 45.3 Å². The van der Waals surface area contributed by atoms with Crippen LogP contribution in [0.25, 0.3) is 0 Å². The van der Waals surface area contributed by atoms with Crippen molar-refractivity contribution in [1.82, 2.24) is 5.43 Å². The normalized spacial score (nSPS) is 12.4. The van der Waals surface area contributed by atoms with Gasteiger partial charge in [-0.15, -0.1) is 0 Å². The van der Waals surface area contributed by atoms with Gasteiger partial charge in [-0.05, 0) is 65.3 Å². The van der Waals surface area contributed by atoms with Gasteiger partial charge in [0.05, 0.1) is 21.8 Å². The third-order valence-electron chi connectivity index (χ3n) is 4.66. The zero-order chi connectivity index (χ0) is 26.3. The molecule has 0 aliphatic carbocycles. The van der Waals surface area contributed by atoms with Crippen LogP contribution in [0.15, 0.2) is 71.8 Å². The molecule has 6 nitrogen and oxygen atoms in total. The fourth-order valence-electron chi connectivity index (χ4n) is 3.12. The van der Waals surface area contributed by atoms with Crippen molar-refractivity contribution in [3.63, 3.8) is 0 Å². The lowest BCUT2D eigenvalue weighted by Crippen LogP contribution is -2.23. The van der Waals surface area contributed by atoms with E-state index in [1.54, 1.807) is 42.5 Å². The molecule has 12 heteroatoms. The molecule has 0 bridgehead atoms. The van der Waals surface area contributed by atoms with Crippen LogP contribution in [0.1, 0.15) is 28.4 Å². The highest BCUT2D eigenvalue weighted by molar-refractivity contribution is 7.80. The number of hydrogen-bond donors (Lipinski definition) is 3. The highest BCUT2D eigenvalue weighted by Crippen LogP contribution is 2.33. The summed E-state index contributed by atoms with van der Waals surface area (Å²) in [5, 5.41) is 16.9. The van der Waals surface area contributed by atoms with Gasteiger partial charge >= 0.3 is 12.1 Å². The van der Waals surface area contributed by atoms with Crippen molar-refractivity contribution in [2.45, 2.75) is 12.3 Å². The molecule has 0 saturated heterocycles. The first-order valence-electron chi connectivity index (χ1n) is 10.2. The highest BCUT2D eigenvalue weighted by Gasteiger charge is 2.31. The van der Waals surface area contributed by atoms with Crippen molar-refractivity contribution in [2.24, 2.45) is 5.10 Å².